The van der Waals surface area contributed by atoms with Crippen molar-refractivity contribution in [2.24, 2.45) is 0 Å². The summed E-state index contributed by atoms with van der Waals surface area (Å²) in [4.78, 5) is 19.0. The lowest BCUT2D eigenvalue weighted by Gasteiger charge is -2.05. The second kappa shape index (κ2) is 5.90. The smallest absolute Gasteiger partial charge is 0.255 e. The van der Waals surface area contributed by atoms with Gasteiger partial charge in [-0.2, -0.15) is 4.39 Å². The monoisotopic (exact) mass is 248 g/mol. The number of halogens is 1. The Kier molecular flexibility index (Phi) is 4.01. The number of aryl methyl sites for hydroxylation is 1. The van der Waals surface area contributed by atoms with E-state index in [0.717, 1.165) is 13.0 Å². The minimum absolute atomic E-state index is 0.0277. The highest BCUT2D eigenvalue weighted by Crippen LogP contribution is 2.02. The highest BCUT2D eigenvalue weighted by Gasteiger charge is 2.10. The molecule has 2 aromatic heterocycles. The number of nitrogens with one attached hydrogen (secondary N) is 1. The molecular weight excluding hydrogens is 235 g/mol. The summed E-state index contributed by atoms with van der Waals surface area (Å²) in [5.74, 6) is -1.18. The zero-order chi connectivity index (χ0) is 12.8. The molecule has 0 aliphatic carbocycles. The highest BCUT2D eigenvalue weighted by molar-refractivity contribution is 5.94. The number of amides is 1. The molecule has 0 saturated carbocycles. The Morgan fingerprint density at radius 2 is 2.33 bits per heavy atom. The second-order valence-electron chi connectivity index (χ2n) is 3.75. The standard InChI is InChI=1S/C12H13FN4O/c13-11-10(3-1-4-15-11)12(18)16-5-2-7-17-8-6-14-9-17/h1,3-4,6,8-9H,2,5,7H2,(H,16,18). The lowest BCUT2D eigenvalue weighted by molar-refractivity contribution is 0.0948. The fourth-order valence-electron chi connectivity index (χ4n) is 1.53. The van der Waals surface area contributed by atoms with Gasteiger partial charge in [0.05, 0.1) is 11.9 Å². The van der Waals surface area contributed by atoms with Gasteiger partial charge in [0.25, 0.3) is 5.91 Å². The first kappa shape index (κ1) is 12.2. The van der Waals surface area contributed by atoms with Gasteiger partial charge in [0, 0.05) is 31.7 Å². The average molecular weight is 248 g/mol. The molecule has 0 saturated heterocycles. The normalized spacial score (nSPS) is 10.3. The molecule has 5 nitrogen and oxygen atoms in total. The van der Waals surface area contributed by atoms with Gasteiger partial charge in [-0.1, -0.05) is 0 Å². The summed E-state index contributed by atoms with van der Waals surface area (Å²) in [6, 6.07) is 2.94. The third kappa shape index (κ3) is 3.13. The molecule has 18 heavy (non-hydrogen) atoms. The van der Waals surface area contributed by atoms with Crippen molar-refractivity contribution in [1.29, 1.82) is 0 Å². The van der Waals surface area contributed by atoms with Crippen molar-refractivity contribution < 1.29 is 9.18 Å². The van der Waals surface area contributed by atoms with E-state index < -0.39 is 11.9 Å². The quantitative estimate of drug-likeness (QED) is 0.639. The van der Waals surface area contributed by atoms with Gasteiger partial charge >= 0.3 is 0 Å². The molecule has 0 radical (unpaired) electrons. The topological polar surface area (TPSA) is 59.8 Å². The number of hydrogen-bond acceptors (Lipinski definition) is 3. The molecule has 1 amide bonds. The number of imidazole rings is 1. The maximum absolute atomic E-state index is 13.2. The van der Waals surface area contributed by atoms with Gasteiger partial charge in [-0.25, -0.2) is 9.97 Å². The van der Waals surface area contributed by atoms with Gasteiger partial charge in [0.2, 0.25) is 5.95 Å². The molecule has 94 valence electrons. The molecule has 0 spiro atoms. The average Bonchev–Trinajstić information content (AvgIpc) is 2.88. The number of nitrogens with zero attached hydrogens (tertiary/aromatic N) is 3. The summed E-state index contributed by atoms with van der Waals surface area (Å²) in [5.41, 5.74) is -0.0277. The van der Waals surface area contributed by atoms with Crippen molar-refractivity contribution in [3.63, 3.8) is 0 Å². The lowest BCUT2D eigenvalue weighted by Crippen LogP contribution is -2.26. The van der Waals surface area contributed by atoms with Crippen molar-refractivity contribution >= 4 is 5.91 Å². The SMILES string of the molecule is O=C(NCCCn1ccnc1)c1cccnc1F. The van der Waals surface area contributed by atoms with Crippen LogP contribution in [-0.4, -0.2) is 27.0 Å². The molecular formula is C12H13FN4O. The summed E-state index contributed by atoms with van der Waals surface area (Å²) in [7, 11) is 0. The summed E-state index contributed by atoms with van der Waals surface area (Å²) in [5, 5.41) is 2.65. The predicted octanol–water partition coefficient (Wildman–Crippen LogP) is 1.24. The van der Waals surface area contributed by atoms with Gasteiger partial charge in [-0.3, -0.25) is 4.79 Å². The van der Waals surface area contributed by atoms with E-state index in [4.69, 9.17) is 0 Å². The molecule has 2 heterocycles. The first-order valence-electron chi connectivity index (χ1n) is 5.62. The van der Waals surface area contributed by atoms with Crippen molar-refractivity contribution in [3.8, 4) is 0 Å². The van der Waals surface area contributed by atoms with Crippen molar-refractivity contribution in [2.75, 3.05) is 6.54 Å². The van der Waals surface area contributed by atoms with Gasteiger partial charge < -0.3 is 9.88 Å². The molecule has 0 aromatic carbocycles. The van der Waals surface area contributed by atoms with Crippen molar-refractivity contribution in [1.82, 2.24) is 19.9 Å². The molecule has 0 aliphatic heterocycles. The Labute approximate surface area is 104 Å². The predicted molar refractivity (Wildman–Crippen MR) is 63.4 cm³/mol. The van der Waals surface area contributed by atoms with Crippen LogP contribution in [0.1, 0.15) is 16.8 Å². The van der Waals surface area contributed by atoms with E-state index in [-0.39, 0.29) is 5.56 Å². The second-order valence-corrected chi connectivity index (χ2v) is 3.75. The molecule has 6 heteroatoms. The molecule has 1 N–H and O–H groups in total. The van der Waals surface area contributed by atoms with Gasteiger partial charge in [-0.15, -0.1) is 0 Å². The third-order valence-electron chi connectivity index (χ3n) is 2.44. The number of hydrogen-bond donors (Lipinski definition) is 1. The van der Waals surface area contributed by atoms with Crippen LogP contribution < -0.4 is 5.32 Å². The van der Waals surface area contributed by atoms with Gasteiger partial charge in [0.15, 0.2) is 0 Å². The maximum atomic E-state index is 13.2. The van der Waals surface area contributed by atoms with Gasteiger partial charge in [0.1, 0.15) is 0 Å². The van der Waals surface area contributed by atoms with Crippen molar-refractivity contribution in [3.05, 3.63) is 48.6 Å². The number of aromatic nitrogens is 3. The van der Waals surface area contributed by atoms with Crippen LogP contribution in [0.2, 0.25) is 0 Å². The van der Waals surface area contributed by atoms with Crippen molar-refractivity contribution in [2.45, 2.75) is 13.0 Å². The van der Waals surface area contributed by atoms with Crippen LogP contribution in [0.5, 0.6) is 0 Å². The van der Waals surface area contributed by atoms with Crippen LogP contribution in [0.25, 0.3) is 0 Å². The molecule has 0 fully saturated rings. The van der Waals surface area contributed by atoms with Gasteiger partial charge in [-0.05, 0) is 18.6 Å². The zero-order valence-electron chi connectivity index (χ0n) is 9.71. The van der Waals surface area contributed by atoms with E-state index in [2.05, 4.69) is 15.3 Å². The number of pyridine rings is 1. The Hall–Kier alpha value is -2.24. The Bertz CT molecular complexity index is 513. The van der Waals surface area contributed by atoms with E-state index in [9.17, 15) is 9.18 Å². The van der Waals surface area contributed by atoms with Crippen LogP contribution in [0.4, 0.5) is 4.39 Å². The zero-order valence-corrected chi connectivity index (χ0v) is 9.71. The minimum Gasteiger partial charge on any atom is -0.352 e. The van der Waals surface area contributed by atoms with Crippen LogP contribution in [0, 0.1) is 5.95 Å². The van der Waals surface area contributed by atoms with E-state index in [1.165, 1.54) is 18.3 Å². The molecule has 0 unspecified atom stereocenters. The summed E-state index contributed by atoms with van der Waals surface area (Å²) >= 11 is 0. The number of carbonyl (C=O) groups is 1. The molecule has 0 aliphatic rings. The third-order valence-corrected chi connectivity index (χ3v) is 2.44. The summed E-state index contributed by atoms with van der Waals surface area (Å²) in [6.07, 6.45) is 7.32. The number of rotatable bonds is 5. The Morgan fingerprint density at radius 3 is 3.06 bits per heavy atom. The van der Waals surface area contributed by atoms with Crippen LogP contribution >= 0.6 is 0 Å². The highest BCUT2D eigenvalue weighted by atomic mass is 19.1. The van der Waals surface area contributed by atoms with Crippen LogP contribution in [0.15, 0.2) is 37.1 Å². The lowest BCUT2D eigenvalue weighted by atomic mass is 10.2. The first-order valence-corrected chi connectivity index (χ1v) is 5.62. The van der Waals surface area contributed by atoms with Crippen LogP contribution in [-0.2, 0) is 6.54 Å². The summed E-state index contributed by atoms with van der Waals surface area (Å²) < 4.78 is 15.1. The molecule has 0 bridgehead atoms. The van der Waals surface area contributed by atoms with E-state index >= 15 is 0 Å². The molecule has 0 atom stereocenters. The van der Waals surface area contributed by atoms with Crippen LogP contribution in [0.3, 0.4) is 0 Å². The van der Waals surface area contributed by atoms with E-state index in [1.54, 1.807) is 12.5 Å². The summed E-state index contributed by atoms with van der Waals surface area (Å²) in [6.45, 7) is 1.24. The Balaban J connectivity index is 1.77. The number of carbonyl (C=O) groups excluding carboxylic acids is 1. The van der Waals surface area contributed by atoms with E-state index in [1.807, 2.05) is 10.8 Å². The maximum Gasteiger partial charge on any atom is 0.255 e. The van der Waals surface area contributed by atoms with E-state index in [0.29, 0.717) is 6.54 Å². The molecule has 2 rings (SSSR count). The molecule has 2 aromatic rings. The fourth-order valence-corrected chi connectivity index (χ4v) is 1.53. The first-order chi connectivity index (χ1) is 8.77. The largest absolute Gasteiger partial charge is 0.352 e. The fraction of sp³-hybridized carbons (Fsp3) is 0.250. The Morgan fingerprint density at radius 1 is 1.44 bits per heavy atom. The minimum atomic E-state index is -0.746.